The molecule has 0 saturated carbocycles. The van der Waals surface area contributed by atoms with Gasteiger partial charge in [-0.2, -0.15) is 0 Å². The third-order valence-electron chi connectivity index (χ3n) is 2.58. The van der Waals surface area contributed by atoms with Crippen LogP contribution in [0.1, 0.15) is 27.6 Å². The fourth-order valence-corrected chi connectivity index (χ4v) is 1.25. The second-order valence-corrected chi connectivity index (χ2v) is 4.05. The van der Waals surface area contributed by atoms with Gasteiger partial charge in [-0.15, -0.1) is 0 Å². The first-order valence-corrected chi connectivity index (χ1v) is 6.22. The van der Waals surface area contributed by atoms with Crippen molar-refractivity contribution >= 4 is 17.9 Å². The molecule has 0 radical (unpaired) electrons. The van der Waals surface area contributed by atoms with E-state index in [0.717, 1.165) is 6.08 Å². The zero-order chi connectivity index (χ0) is 18.0. The largest absolute Gasteiger partial charge is 0.478 e. The second kappa shape index (κ2) is 9.34. The summed E-state index contributed by atoms with van der Waals surface area (Å²) < 4.78 is 14.2. The Hall–Kier alpha value is -2.71. The minimum atomic E-state index is -1.31. The maximum atomic E-state index is 10.6. The summed E-state index contributed by atoms with van der Waals surface area (Å²) in [4.78, 5) is 31.6. The van der Waals surface area contributed by atoms with E-state index < -0.39 is 23.9 Å². The first kappa shape index (κ1) is 20.3. The van der Waals surface area contributed by atoms with Gasteiger partial charge in [-0.25, -0.2) is 14.4 Å². The molecule has 0 unspecified atom stereocenters. The van der Waals surface area contributed by atoms with Crippen molar-refractivity contribution in [2.45, 2.75) is 12.9 Å². The quantitative estimate of drug-likeness (QED) is 0.461. The minimum absolute atomic E-state index is 0.190. The predicted octanol–water partition coefficient (Wildman–Crippen LogP) is 1.77. The van der Waals surface area contributed by atoms with Gasteiger partial charge in [0.1, 0.15) is 0 Å². The Morgan fingerprint density at radius 1 is 1.04 bits per heavy atom. The van der Waals surface area contributed by atoms with Crippen LogP contribution in [0, 0.1) is 0 Å². The molecule has 23 heavy (non-hydrogen) atoms. The van der Waals surface area contributed by atoms with Gasteiger partial charge in [0.15, 0.2) is 0 Å². The highest BCUT2D eigenvalue weighted by Crippen LogP contribution is 2.11. The minimum Gasteiger partial charge on any atom is -0.478 e. The van der Waals surface area contributed by atoms with Crippen LogP contribution >= 0.6 is 0 Å². The third kappa shape index (κ3) is 6.72. The number of carboxylic acid groups (broad SMARTS) is 2. The van der Waals surface area contributed by atoms with Gasteiger partial charge in [0.05, 0.1) is 11.1 Å². The summed E-state index contributed by atoms with van der Waals surface area (Å²) >= 11 is 0. The highest BCUT2D eigenvalue weighted by molar-refractivity contribution is 6.01. The Labute approximate surface area is 132 Å². The van der Waals surface area contributed by atoms with Gasteiger partial charge < -0.3 is 24.4 Å². The van der Waals surface area contributed by atoms with E-state index in [1.807, 2.05) is 0 Å². The molecule has 0 aliphatic rings. The van der Waals surface area contributed by atoms with Gasteiger partial charge >= 0.3 is 23.9 Å². The molecule has 1 aromatic rings. The number of rotatable bonds is 6. The summed E-state index contributed by atoms with van der Waals surface area (Å²) in [5, 5.41) is 17.1. The Morgan fingerprint density at radius 3 is 1.70 bits per heavy atom. The van der Waals surface area contributed by atoms with Gasteiger partial charge in [-0.05, 0) is 12.1 Å². The fraction of sp³-hybridized carbons (Fsp3) is 0.267. The normalized spacial score (nSPS) is 10.0. The number of ether oxygens (including phenoxy) is 3. The van der Waals surface area contributed by atoms with Crippen LogP contribution < -0.4 is 0 Å². The average molecular weight is 326 g/mol. The number of methoxy groups -OCH3 is 2. The van der Waals surface area contributed by atoms with Crippen LogP contribution in [0.2, 0.25) is 0 Å². The molecule has 2 N–H and O–H groups in total. The van der Waals surface area contributed by atoms with E-state index in [2.05, 4.69) is 11.3 Å². The van der Waals surface area contributed by atoms with Crippen molar-refractivity contribution in [1.29, 1.82) is 0 Å². The van der Waals surface area contributed by atoms with Gasteiger partial charge in [-0.1, -0.05) is 18.7 Å². The molecule has 0 saturated heterocycles. The van der Waals surface area contributed by atoms with E-state index in [4.69, 9.17) is 19.7 Å². The van der Waals surface area contributed by atoms with Crippen molar-refractivity contribution in [1.82, 2.24) is 0 Å². The summed E-state index contributed by atoms with van der Waals surface area (Å²) in [6.45, 7) is 4.71. The monoisotopic (exact) mass is 326 g/mol. The molecule has 1 rings (SSSR count). The van der Waals surface area contributed by atoms with Crippen LogP contribution in [0.3, 0.4) is 0 Å². The highest BCUT2D eigenvalue weighted by Gasteiger charge is 2.26. The van der Waals surface area contributed by atoms with E-state index in [9.17, 15) is 14.4 Å². The van der Waals surface area contributed by atoms with Crippen LogP contribution in [0.4, 0.5) is 0 Å². The number of esters is 1. The Kier molecular flexibility index (Phi) is 8.24. The molecular weight excluding hydrogens is 308 g/mol. The van der Waals surface area contributed by atoms with E-state index in [1.165, 1.54) is 45.4 Å². The first-order valence-electron chi connectivity index (χ1n) is 6.22. The van der Waals surface area contributed by atoms with Gasteiger partial charge in [0.2, 0.25) is 0 Å². The van der Waals surface area contributed by atoms with E-state index in [-0.39, 0.29) is 11.1 Å². The van der Waals surface area contributed by atoms with Crippen molar-refractivity contribution in [3.63, 3.8) is 0 Å². The molecule has 0 aliphatic carbocycles. The molecule has 126 valence electrons. The lowest BCUT2D eigenvalue weighted by molar-refractivity contribution is -0.330. The molecule has 0 heterocycles. The number of carbonyl (C=O) groups excluding carboxylic acids is 1. The van der Waals surface area contributed by atoms with E-state index in [1.54, 1.807) is 0 Å². The molecule has 0 bridgehead atoms. The standard InChI is InChI=1S/C8H6O4.C7H12O4/c9-7(10)5-3-1-2-4-6(5)8(11)12;1-5-6(8)11-7(2,9-3)10-4/h1-4H,(H,9,10)(H,11,12);5H,1H2,2-4H3. The van der Waals surface area contributed by atoms with E-state index >= 15 is 0 Å². The molecule has 0 aromatic heterocycles. The number of carboxylic acids is 2. The number of hydrogen-bond acceptors (Lipinski definition) is 6. The van der Waals surface area contributed by atoms with Crippen molar-refractivity contribution in [3.05, 3.63) is 48.0 Å². The third-order valence-corrected chi connectivity index (χ3v) is 2.58. The summed E-state index contributed by atoms with van der Waals surface area (Å²) in [5.74, 6) is -4.36. The Balaban J connectivity index is 0.000000423. The Bertz CT molecular complexity index is 542. The van der Waals surface area contributed by atoms with Gasteiger partial charge in [0.25, 0.3) is 0 Å². The maximum absolute atomic E-state index is 10.6. The summed E-state index contributed by atoms with van der Waals surface area (Å²) in [7, 11) is 2.75. The molecule has 0 atom stereocenters. The molecule has 0 aliphatic heterocycles. The molecule has 0 spiro atoms. The molecule has 0 fully saturated rings. The van der Waals surface area contributed by atoms with Gasteiger partial charge in [0, 0.05) is 27.2 Å². The summed E-state index contributed by atoms with van der Waals surface area (Å²) in [6, 6.07) is 5.48. The fourth-order valence-electron chi connectivity index (χ4n) is 1.25. The number of aromatic carboxylic acids is 2. The maximum Gasteiger partial charge on any atom is 0.336 e. The van der Waals surface area contributed by atoms with Crippen LogP contribution in [-0.2, 0) is 19.0 Å². The molecule has 8 heteroatoms. The van der Waals surface area contributed by atoms with Crippen molar-refractivity contribution in [2.75, 3.05) is 14.2 Å². The van der Waals surface area contributed by atoms with Crippen molar-refractivity contribution in [2.24, 2.45) is 0 Å². The highest BCUT2D eigenvalue weighted by atomic mass is 16.9. The van der Waals surface area contributed by atoms with Crippen LogP contribution in [0.25, 0.3) is 0 Å². The van der Waals surface area contributed by atoms with Crippen molar-refractivity contribution in [3.8, 4) is 0 Å². The van der Waals surface area contributed by atoms with Gasteiger partial charge in [-0.3, -0.25) is 0 Å². The molecule has 8 nitrogen and oxygen atoms in total. The molecule has 0 amide bonds. The number of carbonyl (C=O) groups is 3. The van der Waals surface area contributed by atoms with Crippen molar-refractivity contribution < 1.29 is 38.8 Å². The topological polar surface area (TPSA) is 119 Å². The zero-order valence-electron chi connectivity index (χ0n) is 12.9. The number of hydrogen-bond donors (Lipinski definition) is 2. The van der Waals surface area contributed by atoms with Crippen LogP contribution in [-0.4, -0.2) is 48.3 Å². The summed E-state index contributed by atoms with van der Waals surface area (Å²) in [6.07, 6.45) is 1.04. The lowest BCUT2D eigenvalue weighted by Gasteiger charge is -2.24. The lowest BCUT2D eigenvalue weighted by Crippen LogP contribution is -2.35. The predicted molar refractivity (Wildman–Crippen MR) is 79.1 cm³/mol. The van der Waals surface area contributed by atoms with E-state index in [0.29, 0.717) is 0 Å². The SMILES string of the molecule is C=CC(=O)OC(C)(OC)OC.O=C(O)c1ccccc1C(=O)O. The van der Waals surface area contributed by atoms with Crippen LogP contribution in [0.15, 0.2) is 36.9 Å². The Morgan fingerprint density at radius 2 is 1.43 bits per heavy atom. The smallest absolute Gasteiger partial charge is 0.336 e. The first-order chi connectivity index (χ1) is 10.7. The molecule has 1 aromatic carbocycles. The average Bonchev–Trinajstić information content (AvgIpc) is 2.55. The lowest BCUT2D eigenvalue weighted by atomic mass is 10.1. The molecular formula is C15H18O8. The van der Waals surface area contributed by atoms with Crippen LogP contribution in [0.5, 0.6) is 0 Å². The summed E-state index contributed by atoms with van der Waals surface area (Å²) in [5.41, 5.74) is -0.380. The zero-order valence-corrected chi connectivity index (χ0v) is 12.9. The second-order valence-electron chi connectivity index (χ2n) is 4.05. The number of benzene rings is 1.